The highest BCUT2D eigenvalue weighted by Crippen LogP contribution is 2.13. The van der Waals surface area contributed by atoms with Gasteiger partial charge in [0.25, 0.3) is 0 Å². The first-order chi connectivity index (χ1) is 7.99. The number of likely N-dealkylation sites (N-methyl/N-ethyl adjacent to an activating group) is 1. The second-order valence-electron chi connectivity index (χ2n) is 4.30. The molecule has 1 atom stereocenters. The second kappa shape index (κ2) is 6.77. The summed E-state index contributed by atoms with van der Waals surface area (Å²) in [6.45, 7) is 2.71. The lowest BCUT2D eigenvalue weighted by atomic mass is 10.1. The first-order valence-electron chi connectivity index (χ1n) is 5.65. The molecule has 1 aromatic carbocycles. The first-order valence-corrected chi connectivity index (χ1v) is 6.45. The maximum absolute atomic E-state index is 10.5. The zero-order chi connectivity index (χ0) is 12.8. The molecule has 0 bridgehead atoms. The molecule has 0 aliphatic heterocycles. The number of nitrogens with zero attached hydrogens (tertiary/aromatic N) is 1. The molecule has 1 rings (SSSR count). The highest BCUT2D eigenvalue weighted by Gasteiger charge is 2.11. The zero-order valence-corrected chi connectivity index (χ0v) is 11.8. The van der Waals surface area contributed by atoms with Crippen LogP contribution >= 0.6 is 15.9 Å². The molecule has 0 aromatic heterocycles. The molecule has 1 aromatic rings. The van der Waals surface area contributed by atoms with Crippen LogP contribution in [0.4, 0.5) is 0 Å². The fourth-order valence-electron chi connectivity index (χ4n) is 1.61. The van der Waals surface area contributed by atoms with Gasteiger partial charge in [0, 0.05) is 17.1 Å². The summed E-state index contributed by atoms with van der Waals surface area (Å²) in [4.78, 5) is 12.6. The van der Waals surface area contributed by atoms with E-state index in [-0.39, 0.29) is 6.42 Å². The van der Waals surface area contributed by atoms with Crippen molar-refractivity contribution in [3.05, 3.63) is 34.3 Å². The lowest BCUT2D eigenvalue weighted by molar-refractivity contribution is -0.137. The van der Waals surface area contributed by atoms with Crippen LogP contribution in [0, 0.1) is 0 Å². The average Bonchev–Trinajstić information content (AvgIpc) is 2.28. The Morgan fingerprint density at radius 1 is 1.41 bits per heavy atom. The summed E-state index contributed by atoms with van der Waals surface area (Å²) >= 11 is 3.41. The van der Waals surface area contributed by atoms with Crippen molar-refractivity contribution in [1.29, 1.82) is 0 Å². The highest BCUT2D eigenvalue weighted by molar-refractivity contribution is 9.10. The normalized spacial score (nSPS) is 12.7. The molecule has 0 fully saturated rings. The number of rotatable bonds is 6. The molecule has 4 heteroatoms. The topological polar surface area (TPSA) is 40.5 Å². The minimum absolute atomic E-state index is 0.196. The number of hydrogen-bond acceptors (Lipinski definition) is 2. The predicted molar refractivity (Wildman–Crippen MR) is 72.2 cm³/mol. The molecule has 0 saturated carbocycles. The SMILES string of the molecule is CC(Cc1ccc(Br)cc1)N(C)CCC(=O)O. The summed E-state index contributed by atoms with van der Waals surface area (Å²) in [5.74, 6) is -0.743. The van der Waals surface area contributed by atoms with Crippen molar-refractivity contribution in [2.24, 2.45) is 0 Å². The maximum atomic E-state index is 10.5. The van der Waals surface area contributed by atoms with Gasteiger partial charge in [-0.25, -0.2) is 0 Å². The Bertz CT molecular complexity index is 364. The summed E-state index contributed by atoms with van der Waals surface area (Å²) in [5.41, 5.74) is 1.27. The van der Waals surface area contributed by atoms with E-state index in [0.717, 1.165) is 10.9 Å². The van der Waals surface area contributed by atoms with E-state index < -0.39 is 5.97 Å². The number of carboxylic acid groups (broad SMARTS) is 1. The molecule has 0 spiro atoms. The molecule has 1 unspecified atom stereocenters. The molecule has 0 heterocycles. The maximum Gasteiger partial charge on any atom is 0.304 e. The lowest BCUT2D eigenvalue weighted by Crippen LogP contribution is -2.32. The Kier molecular flexibility index (Phi) is 5.65. The van der Waals surface area contributed by atoms with Crippen LogP contribution in [0.5, 0.6) is 0 Å². The van der Waals surface area contributed by atoms with Crippen LogP contribution in [0.25, 0.3) is 0 Å². The van der Waals surface area contributed by atoms with E-state index in [2.05, 4.69) is 39.9 Å². The summed E-state index contributed by atoms with van der Waals surface area (Å²) in [7, 11) is 1.96. The van der Waals surface area contributed by atoms with Crippen molar-refractivity contribution < 1.29 is 9.90 Å². The Labute approximate surface area is 111 Å². The third-order valence-corrected chi connectivity index (χ3v) is 3.40. The fraction of sp³-hybridized carbons (Fsp3) is 0.462. The van der Waals surface area contributed by atoms with Gasteiger partial charge in [0.05, 0.1) is 6.42 Å². The standard InChI is InChI=1S/C13H18BrNO2/c1-10(15(2)8-7-13(16)17)9-11-3-5-12(14)6-4-11/h3-6,10H,7-9H2,1-2H3,(H,16,17). The molecule has 0 amide bonds. The molecule has 3 nitrogen and oxygen atoms in total. The quantitative estimate of drug-likeness (QED) is 0.878. The molecular formula is C13H18BrNO2. The van der Waals surface area contributed by atoms with Gasteiger partial charge in [0.2, 0.25) is 0 Å². The van der Waals surface area contributed by atoms with Crippen LogP contribution in [0.3, 0.4) is 0 Å². The molecule has 17 heavy (non-hydrogen) atoms. The summed E-state index contributed by atoms with van der Waals surface area (Å²) in [6, 6.07) is 8.58. The number of carboxylic acids is 1. The minimum Gasteiger partial charge on any atom is -0.481 e. The monoisotopic (exact) mass is 299 g/mol. The van der Waals surface area contributed by atoms with Gasteiger partial charge in [-0.15, -0.1) is 0 Å². The van der Waals surface area contributed by atoms with Gasteiger partial charge in [0.15, 0.2) is 0 Å². The lowest BCUT2D eigenvalue weighted by Gasteiger charge is -2.24. The predicted octanol–water partition coefficient (Wildman–Crippen LogP) is 2.79. The van der Waals surface area contributed by atoms with Gasteiger partial charge >= 0.3 is 5.97 Å². The molecule has 0 saturated heterocycles. The summed E-state index contributed by atoms with van der Waals surface area (Å²) in [5, 5.41) is 8.63. The highest BCUT2D eigenvalue weighted by atomic mass is 79.9. The van der Waals surface area contributed by atoms with Crippen molar-refractivity contribution in [1.82, 2.24) is 4.90 Å². The molecule has 0 aliphatic rings. The van der Waals surface area contributed by atoms with Crippen molar-refractivity contribution in [3.63, 3.8) is 0 Å². The largest absolute Gasteiger partial charge is 0.481 e. The summed E-state index contributed by atoms with van der Waals surface area (Å²) in [6.07, 6.45) is 1.13. The summed E-state index contributed by atoms with van der Waals surface area (Å²) < 4.78 is 1.08. The molecule has 1 N–H and O–H groups in total. The van der Waals surface area contributed by atoms with Crippen LogP contribution in [-0.4, -0.2) is 35.6 Å². The first kappa shape index (κ1) is 14.2. The zero-order valence-electron chi connectivity index (χ0n) is 10.2. The van der Waals surface area contributed by atoms with Crippen LogP contribution < -0.4 is 0 Å². The van der Waals surface area contributed by atoms with Crippen LogP contribution in [0.1, 0.15) is 18.9 Å². The van der Waals surface area contributed by atoms with Gasteiger partial charge in [-0.1, -0.05) is 28.1 Å². The Morgan fingerprint density at radius 3 is 2.53 bits per heavy atom. The second-order valence-corrected chi connectivity index (χ2v) is 5.22. The number of hydrogen-bond donors (Lipinski definition) is 1. The van der Waals surface area contributed by atoms with Crippen molar-refractivity contribution in [2.45, 2.75) is 25.8 Å². The number of aliphatic carboxylic acids is 1. The van der Waals surface area contributed by atoms with Gasteiger partial charge in [-0.05, 0) is 38.1 Å². The third-order valence-electron chi connectivity index (χ3n) is 2.88. The Balaban J connectivity index is 2.45. The van der Waals surface area contributed by atoms with E-state index in [1.807, 2.05) is 19.2 Å². The molecule has 94 valence electrons. The van der Waals surface area contributed by atoms with Gasteiger partial charge < -0.3 is 10.0 Å². The Hall–Kier alpha value is -0.870. The van der Waals surface area contributed by atoms with Crippen molar-refractivity contribution in [3.8, 4) is 0 Å². The minimum atomic E-state index is -0.743. The van der Waals surface area contributed by atoms with Gasteiger partial charge in [-0.3, -0.25) is 4.79 Å². The van der Waals surface area contributed by atoms with Crippen molar-refractivity contribution in [2.75, 3.05) is 13.6 Å². The van der Waals surface area contributed by atoms with E-state index in [1.54, 1.807) is 0 Å². The Morgan fingerprint density at radius 2 is 2.00 bits per heavy atom. The van der Waals surface area contributed by atoms with Crippen LogP contribution in [0.15, 0.2) is 28.7 Å². The molecular weight excluding hydrogens is 282 g/mol. The molecule has 0 radical (unpaired) electrons. The third kappa shape index (κ3) is 5.33. The van der Waals surface area contributed by atoms with E-state index in [1.165, 1.54) is 5.56 Å². The van der Waals surface area contributed by atoms with Crippen LogP contribution in [-0.2, 0) is 11.2 Å². The number of benzene rings is 1. The van der Waals surface area contributed by atoms with Gasteiger partial charge in [-0.2, -0.15) is 0 Å². The van der Waals surface area contributed by atoms with Crippen LogP contribution in [0.2, 0.25) is 0 Å². The van der Waals surface area contributed by atoms with Gasteiger partial charge in [0.1, 0.15) is 0 Å². The average molecular weight is 300 g/mol. The van der Waals surface area contributed by atoms with E-state index in [9.17, 15) is 4.79 Å². The number of halogens is 1. The number of carbonyl (C=O) groups is 1. The van der Waals surface area contributed by atoms with E-state index >= 15 is 0 Å². The fourth-order valence-corrected chi connectivity index (χ4v) is 1.87. The van der Waals surface area contributed by atoms with E-state index in [0.29, 0.717) is 12.6 Å². The van der Waals surface area contributed by atoms with Crippen molar-refractivity contribution >= 4 is 21.9 Å². The van der Waals surface area contributed by atoms with E-state index in [4.69, 9.17) is 5.11 Å². The molecule has 0 aliphatic carbocycles. The smallest absolute Gasteiger partial charge is 0.304 e.